The lowest BCUT2D eigenvalue weighted by atomic mass is 9.90. The first-order valence-corrected chi connectivity index (χ1v) is 13.6. The number of amides is 1. The van der Waals surface area contributed by atoms with Gasteiger partial charge < -0.3 is 9.73 Å². The van der Waals surface area contributed by atoms with Gasteiger partial charge in [0.2, 0.25) is 5.89 Å². The minimum atomic E-state index is -0.340. The SMILES string of the molecule is CC.O=C(NCc1cccc(CN(Cc2ncco2)C2CCCc3cccnc32)c1)c1c(Cl)cncc1Cl. The van der Waals surface area contributed by atoms with E-state index in [-0.39, 0.29) is 27.6 Å². The maximum atomic E-state index is 12.7. The summed E-state index contributed by atoms with van der Waals surface area (Å²) >= 11 is 12.3. The van der Waals surface area contributed by atoms with Crippen LogP contribution in [0.2, 0.25) is 10.0 Å². The second-order valence-corrected chi connectivity index (χ2v) is 9.58. The number of fused-ring (bicyclic) bond motifs is 1. The molecule has 5 rings (SSSR count). The fourth-order valence-corrected chi connectivity index (χ4v) is 5.23. The monoisotopic (exact) mass is 551 g/mol. The molecule has 0 aliphatic heterocycles. The Morgan fingerprint density at radius 2 is 1.84 bits per heavy atom. The predicted molar refractivity (Wildman–Crippen MR) is 149 cm³/mol. The van der Waals surface area contributed by atoms with Gasteiger partial charge >= 0.3 is 0 Å². The van der Waals surface area contributed by atoms with Crippen LogP contribution in [-0.2, 0) is 26.1 Å². The minimum absolute atomic E-state index is 0.168. The van der Waals surface area contributed by atoms with Crippen LogP contribution in [0, 0.1) is 0 Å². The van der Waals surface area contributed by atoms with Crippen LogP contribution in [0.1, 0.15) is 71.4 Å². The van der Waals surface area contributed by atoms with E-state index in [0.29, 0.717) is 25.5 Å². The second-order valence-electron chi connectivity index (χ2n) is 8.77. The Balaban J connectivity index is 0.00000164. The summed E-state index contributed by atoms with van der Waals surface area (Å²) in [4.78, 5) is 28.0. The van der Waals surface area contributed by atoms with Crippen molar-refractivity contribution in [3.05, 3.63) is 111 Å². The number of nitrogens with one attached hydrogen (secondary N) is 1. The number of carbonyl (C=O) groups excluding carboxylic acids is 1. The molecule has 0 saturated carbocycles. The number of pyridine rings is 2. The van der Waals surface area contributed by atoms with Gasteiger partial charge in [0, 0.05) is 31.7 Å². The number of nitrogens with zero attached hydrogens (tertiary/aromatic N) is 4. The summed E-state index contributed by atoms with van der Waals surface area (Å²) in [6.07, 6.45) is 11.1. The van der Waals surface area contributed by atoms with Crippen LogP contribution in [0.15, 0.2) is 71.9 Å². The number of carbonyl (C=O) groups is 1. The van der Waals surface area contributed by atoms with E-state index in [1.54, 1.807) is 12.5 Å². The van der Waals surface area contributed by atoms with Crippen LogP contribution in [0.5, 0.6) is 0 Å². The van der Waals surface area contributed by atoms with Crippen molar-refractivity contribution in [2.24, 2.45) is 0 Å². The van der Waals surface area contributed by atoms with E-state index in [1.165, 1.54) is 18.0 Å². The molecule has 1 aromatic carbocycles. The van der Waals surface area contributed by atoms with Gasteiger partial charge in [0.25, 0.3) is 5.91 Å². The van der Waals surface area contributed by atoms with Gasteiger partial charge in [-0.05, 0) is 42.0 Å². The summed E-state index contributed by atoms with van der Waals surface area (Å²) in [6.45, 7) is 5.61. The quantitative estimate of drug-likeness (QED) is 0.259. The van der Waals surface area contributed by atoms with Gasteiger partial charge in [-0.15, -0.1) is 0 Å². The summed E-state index contributed by atoms with van der Waals surface area (Å²) in [5.74, 6) is 0.334. The number of hydrogen-bond donors (Lipinski definition) is 1. The van der Waals surface area contributed by atoms with Crippen LogP contribution in [0.25, 0.3) is 0 Å². The molecule has 38 heavy (non-hydrogen) atoms. The van der Waals surface area contributed by atoms with E-state index in [1.807, 2.05) is 38.2 Å². The lowest BCUT2D eigenvalue weighted by Crippen LogP contribution is -2.31. The lowest BCUT2D eigenvalue weighted by molar-refractivity contribution is 0.0951. The Hall–Kier alpha value is -3.26. The van der Waals surface area contributed by atoms with Gasteiger partial charge in [-0.25, -0.2) is 4.98 Å². The van der Waals surface area contributed by atoms with E-state index in [9.17, 15) is 4.79 Å². The summed E-state index contributed by atoms with van der Waals surface area (Å²) in [5.41, 5.74) is 4.75. The molecule has 4 aromatic rings. The molecule has 1 aliphatic rings. The van der Waals surface area contributed by atoms with Gasteiger partial charge in [-0.3, -0.25) is 19.7 Å². The van der Waals surface area contributed by atoms with Crippen molar-refractivity contribution in [2.75, 3.05) is 0 Å². The summed E-state index contributed by atoms with van der Waals surface area (Å²) in [6, 6.07) is 12.5. The summed E-state index contributed by atoms with van der Waals surface area (Å²) < 4.78 is 5.58. The Labute approximate surface area is 233 Å². The zero-order valence-electron chi connectivity index (χ0n) is 21.5. The second kappa shape index (κ2) is 13.5. The highest BCUT2D eigenvalue weighted by molar-refractivity contribution is 6.39. The van der Waals surface area contributed by atoms with Gasteiger partial charge in [-0.2, -0.15) is 0 Å². The van der Waals surface area contributed by atoms with E-state index in [4.69, 9.17) is 32.6 Å². The molecule has 3 heterocycles. The number of rotatable bonds is 8. The molecule has 0 bridgehead atoms. The molecule has 7 nitrogen and oxygen atoms in total. The first-order valence-electron chi connectivity index (χ1n) is 12.8. The molecule has 1 aliphatic carbocycles. The van der Waals surface area contributed by atoms with Crippen LogP contribution in [-0.4, -0.2) is 25.8 Å². The molecule has 0 radical (unpaired) electrons. The average molecular weight is 553 g/mol. The molecule has 0 spiro atoms. The fourth-order valence-electron chi connectivity index (χ4n) is 4.69. The average Bonchev–Trinajstić information content (AvgIpc) is 3.46. The maximum absolute atomic E-state index is 12.7. The Morgan fingerprint density at radius 1 is 1.05 bits per heavy atom. The Bertz CT molecular complexity index is 1330. The van der Waals surface area contributed by atoms with Crippen molar-refractivity contribution < 1.29 is 9.21 Å². The van der Waals surface area contributed by atoms with Gasteiger partial charge in [0.1, 0.15) is 6.26 Å². The third-order valence-corrected chi connectivity index (χ3v) is 6.91. The number of benzene rings is 1. The highest BCUT2D eigenvalue weighted by atomic mass is 35.5. The molecule has 198 valence electrons. The topological polar surface area (TPSA) is 84.2 Å². The maximum Gasteiger partial charge on any atom is 0.254 e. The number of halogens is 2. The largest absolute Gasteiger partial charge is 0.448 e. The molecule has 1 unspecified atom stereocenters. The van der Waals surface area contributed by atoms with Crippen LogP contribution in [0.4, 0.5) is 0 Å². The molecule has 0 saturated heterocycles. The molecule has 1 amide bonds. The first kappa shape index (κ1) is 27.8. The third-order valence-electron chi connectivity index (χ3n) is 6.34. The zero-order chi connectivity index (χ0) is 26.9. The van der Waals surface area contributed by atoms with E-state index >= 15 is 0 Å². The third kappa shape index (κ3) is 6.78. The van der Waals surface area contributed by atoms with Gasteiger partial charge in [0.15, 0.2) is 0 Å². The normalized spacial score (nSPS) is 14.4. The van der Waals surface area contributed by atoms with E-state index in [0.717, 1.165) is 36.1 Å². The molecule has 3 aromatic heterocycles. The number of hydrogen-bond acceptors (Lipinski definition) is 6. The van der Waals surface area contributed by atoms with E-state index in [2.05, 4.69) is 38.4 Å². The van der Waals surface area contributed by atoms with Crippen molar-refractivity contribution in [2.45, 2.75) is 58.8 Å². The zero-order valence-corrected chi connectivity index (χ0v) is 23.0. The standard InChI is InChI=1S/C27H25Cl2N5O2.C2H6/c28-21-14-30-15-22(29)25(21)27(35)33-13-18-4-1-5-19(12-18)16-34(17-24-31-10-11-36-24)23-8-2-6-20-7-3-9-32-26(20)23;1-2/h1,3-5,7,9-12,14-15,23H,2,6,8,13,16-17H2,(H,33,35);1-2H3. The molecular weight excluding hydrogens is 521 g/mol. The lowest BCUT2D eigenvalue weighted by Gasteiger charge is -2.34. The summed E-state index contributed by atoms with van der Waals surface area (Å²) in [5, 5.41) is 3.35. The van der Waals surface area contributed by atoms with Gasteiger partial charge in [-0.1, -0.05) is 67.4 Å². The molecule has 1 N–H and O–H groups in total. The number of oxazole rings is 1. The van der Waals surface area contributed by atoms with Crippen LogP contribution in [0.3, 0.4) is 0 Å². The van der Waals surface area contributed by atoms with E-state index < -0.39 is 0 Å². The molecule has 1 atom stereocenters. The molecular formula is C29H31Cl2N5O2. The fraction of sp³-hybridized carbons (Fsp3) is 0.310. The van der Waals surface area contributed by atoms with Crippen molar-refractivity contribution in [3.8, 4) is 0 Å². The smallest absolute Gasteiger partial charge is 0.254 e. The summed E-state index contributed by atoms with van der Waals surface area (Å²) in [7, 11) is 0. The number of aromatic nitrogens is 3. The molecule has 0 fully saturated rings. The van der Waals surface area contributed by atoms with Crippen molar-refractivity contribution in [3.63, 3.8) is 0 Å². The van der Waals surface area contributed by atoms with Crippen molar-refractivity contribution in [1.82, 2.24) is 25.2 Å². The van der Waals surface area contributed by atoms with Crippen LogP contribution >= 0.6 is 23.2 Å². The Morgan fingerprint density at radius 3 is 2.61 bits per heavy atom. The van der Waals surface area contributed by atoms with Crippen LogP contribution < -0.4 is 5.32 Å². The molecule has 9 heteroatoms. The van der Waals surface area contributed by atoms with Gasteiger partial charge in [0.05, 0.1) is 40.1 Å². The predicted octanol–water partition coefficient (Wildman–Crippen LogP) is 6.81. The minimum Gasteiger partial charge on any atom is -0.448 e. The number of aryl methyl sites for hydroxylation is 1. The first-order chi connectivity index (χ1) is 18.6. The highest BCUT2D eigenvalue weighted by Crippen LogP contribution is 2.34. The highest BCUT2D eigenvalue weighted by Gasteiger charge is 2.28. The van der Waals surface area contributed by atoms with Crippen molar-refractivity contribution in [1.29, 1.82) is 0 Å². The Kier molecular flexibility index (Phi) is 9.87. The van der Waals surface area contributed by atoms with Crippen molar-refractivity contribution >= 4 is 29.1 Å².